The lowest BCUT2D eigenvalue weighted by Crippen LogP contribution is -2.31. The predicted octanol–water partition coefficient (Wildman–Crippen LogP) is 2.85. The third-order valence-electron chi connectivity index (χ3n) is 2.67. The maximum atomic E-state index is 5.82. The van der Waals surface area contributed by atoms with Crippen LogP contribution in [-0.4, -0.2) is 13.2 Å². The minimum Gasteiger partial charge on any atom is -0.342 e. The lowest BCUT2D eigenvalue weighted by molar-refractivity contribution is -0.233. The van der Waals surface area contributed by atoms with E-state index in [9.17, 15) is 0 Å². The fourth-order valence-corrected chi connectivity index (χ4v) is 1.81. The predicted molar refractivity (Wildman–Crippen MR) is 59.5 cm³/mol. The first-order chi connectivity index (χ1) is 7.37. The minimum atomic E-state index is -0.565. The van der Waals surface area contributed by atoms with E-state index < -0.39 is 5.79 Å². The molecule has 0 N–H and O–H groups in total. The molecule has 1 aliphatic heterocycles. The quantitative estimate of drug-likeness (QED) is 0.690. The van der Waals surface area contributed by atoms with Gasteiger partial charge in [-0.15, -0.1) is 0 Å². The first-order valence-corrected chi connectivity index (χ1v) is 5.36. The summed E-state index contributed by atoms with van der Waals surface area (Å²) >= 11 is 0. The number of hydrogen-bond donors (Lipinski definition) is 0. The van der Waals surface area contributed by atoms with Gasteiger partial charge in [-0.05, 0) is 0 Å². The van der Waals surface area contributed by atoms with Crippen molar-refractivity contribution in [2.24, 2.45) is 0 Å². The zero-order valence-electron chi connectivity index (χ0n) is 8.98. The third-order valence-corrected chi connectivity index (χ3v) is 2.67. The van der Waals surface area contributed by atoms with Gasteiger partial charge in [0.1, 0.15) is 0 Å². The van der Waals surface area contributed by atoms with Gasteiger partial charge in [0.05, 0.1) is 13.2 Å². The van der Waals surface area contributed by atoms with Crippen LogP contribution in [0.1, 0.15) is 18.9 Å². The average Bonchev–Trinajstić information content (AvgIpc) is 2.56. The second-order valence-electron chi connectivity index (χ2n) is 3.57. The minimum absolute atomic E-state index is 0.565. The van der Waals surface area contributed by atoms with Crippen LogP contribution in [0.5, 0.6) is 0 Å². The van der Waals surface area contributed by atoms with E-state index in [1.54, 1.807) is 0 Å². The number of hydrogen-bond acceptors (Lipinski definition) is 2. The van der Waals surface area contributed by atoms with E-state index >= 15 is 0 Å². The van der Waals surface area contributed by atoms with Gasteiger partial charge >= 0.3 is 0 Å². The summed E-state index contributed by atoms with van der Waals surface area (Å²) in [6.07, 6.45) is 4.82. The summed E-state index contributed by atoms with van der Waals surface area (Å²) in [4.78, 5) is 0. The smallest absolute Gasteiger partial charge is 0.195 e. The molecule has 0 saturated heterocycles. The fraction of sp³-hybridized carbons (Fsp3) is 0.385. The molecule has 1 heterocycles. The summed E-state index contributed by atoms with van der Waals surface area (Å²) in [6.45, 7) is 3.31. The Kier molecular flexibility index (Phi) is 3.19. The molecule has 80 valence electrons. The Morgan fingerprint density at radius 1 is 1.07 bits per heavy atom. The van der Waals surface area contributed by atoms with Crippen molar-refractivity contribution in [1.29, 1.82) is 0 Å². The van der Waals surface area contributed by atoms with Crippen molar-refractivity contribution in [3.8, 4) is 0 Å². The average molecular weight is 204 g/mol. The van der Waals surface area contributed by atoms with Gasteiger partial charge in [0.25, 0.3) is 0 Å². The molecule has 0 unspecified atom stereocenters. The Bertz CT molecular complexity index is 320. The summed E-state index contributed by atoms with van der Waals surface area (Å²) in [5.41, 5.74) is 1.09. The molecule has 1 aromatic carbocycles. The van der Waals surface area contributed by atoms with Crippen LogP contribution in [-0.2, 0) is 15.3 Å². The topological polar surface area (TPSA) is 18.5 Å². The van der Waals surface area contributed by atoms with E-state index in [2.05, 4.69) is 19.1 Å². The van der Waals surface area contributed by atoms with E-state index in [0.717, 1.165) is 12.0 Å². The highest BCUT2D eigenvalue weighted by Gasteiger charge is 2.32. The highest BCUT2D eigenvalue weighted by atomic mass is 16.7. The van der Waals surface area contributed by atoms with Crippen molar-refractivity contribution in [3.05, 3.63) is 48.0 Å². The van der Waals surface area contributed by atoms with Crippen molar-refractivity contribution in [1.82, 2.24) is 0 Å². The Labute approximate surface area is 90.5 Å². The maximum Gasteiger partial charge on any atom is 0.195 e. The lowest BCUT2D eigenvalue weighted by atomic mass is 10.0. The maximum absolute atomic E-state index is 5.82. The molecule has 15 heavy (non-hydrogen) atoms. The number of ether oxygens (including phenoxy) is 2. The van der Waals surface area contributed by atoms with Gasteiger partial charge < -0.3 is 9.47 Å². The second kappa shape index (κ2) is 4.60. The first kappa shape index (κ1) is 10.4. The molecule has 2 heteroatoms. The molecule has 1 aromatic rings. The molecule has 0 saturated carbocycles. The largest absolute Gasteiger partial charge is 0.342 e. The van der Waals surface area contributed by atoms with Gasteiger partial charge in [0.15, 0.2) is 5.79 Å². The summed E-state index contributed by atoms with van der Waals surface area (Å²) < 4.78 is 11.6. The van der Waals surface area contributed by atoms with Crippen LogP contribution in [0.2, 0.25) is 0 Å². The molecule has 0 bridgehead atoms. The lowest BCUT2D eigenvalue weighted by Gasteiger charge is -2.31. The van der Waals surface area contributed by atoms with Gasteiger partial charge in [-0.2, -0.15) is 0 Å². The van der Waals surface area contributed by atoms with Crippen LogP contribution < -0.4 is 0 Å². The van der Waals surface area contributed by atoms with E-state index in [0.29, 0.717) is 13.2 Å². The summed E-state index contributed by atoms with van der Waals surface area (Å²) in [7, 11) is 0. The van der Waals surface area contributed by atoms with Crippen molar-refractivity contribution in [2.45, 2.75) is 19.1 Å². The molecule has 2 nitrogen and oxygen atoms in total. The van der Waals surface area contributed by atoms with Gasteiger partial charge in [-0.3, -0.25) is 0 Å². The van der Waals surface area contributed by atoms with Gasteiger partial charge in [0, 0.05) is 12.0 Å². The Balaban J connectivity index is 2.28. The normalized spacial score (nSPS) is 19.8. The Morgan fingerprint density at radius 2 is 1.67 bits per heavy atom. The zero-order valence-corrected chi connectivity index (χ0v) is 8.98. The zero-order chi connectivity index (χ0) is 10.6. The monoisotopic (exact) mass is 204 g/mol. The van der Waals surface area contributed by atoms with Crippen LogP contribution in [0.4, 0.5) is 0 Å². The van der Waals surface area contributed by atoms with Crippen molar-refractivity contribution >= 4 is 0 Å². The molecular weight excluding hydrogens is 188 g/mol. The van der Waals surface area contributed by atoms with Crippen molar-refractivity contribution < 1.29 is 9.47 Å². The van der Waals surface area contributed by atoms with Crippen LogP contribution >= 0.6 is 0 Å². The molecule has 1 aliphatic rings. The van der Waals surface area contributed by atoms with Gasteiger partial charge in [-0.25, -0.2) is 0 Å². The van der Waals surface area contributed by atoms with E-state index in [1.807, 2.05) is 30.4 Å². The Hall–Kier alpha value is -1.12. The molecule has 0 radical (unpaired) electrons. The summed E-state index contributed by atoms with van der Waals surface area (Å²) in [6, 6.07) is 10.1. The molecule has 0 aliphatic carbocycles. The standard InChI is InChI=1S/C13H16O2/c1-2-13(12-8-4-3-5-9-12)14-10-6-7-11-15-13/h3-9H,2,10-11H2,1H3. The van der Waals surface area contributed by atoms with E-state index in [1.165, 1.54) is 0 Å². The molecule has 0 spiro atoms. The van der Waals surface area contributed by atoms with Crippen LogP contribution in [0.25, 0.3) is 0 Å². The summed E-state index contributed by atoms with van der Waals surface area (Å²) in [5, 5.41) is 0. The van der Waals surface area contributed by atoms with Crippen LogP contribution in [0.3, 0.4) is 0 Å². The van der Waals surface area contributed by atoms with E-state index in [4.69, 9.17) is 9.47 Å². The van der Waals surface area contributed by atoms with E-state index in [-0.39, 0.29) is 0 Å². The van der Waals surface area contributed by atoms with Crippen molar-refractivity contribution in [3.63, 3.8) is 0 Å². The van der Waals surface area contributed by atoms with Gasteiger partial charge in [0.2, 0.25) is 0 Å². The van der Waals surface area contributed by atoms with Crippen LogP contribution in [0, 0.1) is 0 Å². The second-order valence-corrected chi connectivity index (χ2v) is 3.57. The van der Waals surface area contributed by atoms with Gasteiger partial charge in [-0.1, -0.05) is 49.4 Å². The number of rotatable bonds is 2. The number of benzene rings is 1. The highest BCUT2D eigenvalue weighted by molar-refractivity contribution is 5.20. The highest BCUT2D eigenvalue weighted by Crippen LogP contribution is 2.31. The molecule has 0 aromatic heterocycles. The van der Waals surface area contributed by atoms with Crippen LogP contribution in [0.15, 0.2) is 42.5 Å². The Morgan fingerprint density at radius 3 is 2.20 bits per heavy atom. The first-order valence-electron chi connectivity index (χ1n) is 5.36. The van der Waals surface area contributed by atoms with Crippen molar-refractivity contribution in [2.75, 3.05) is 13.2 Å². The third kappa shape index (κ3) is 2.11. The molecule has 0 amide bonds. The molecule has 2 rings (SSSR count). The summed E-state index contributed by atoms with van der Waals surface area (Å²) in [5.74, 6) is -0.565. The fourth-order valence-electron chi connectivity index (χ4n) is 1.81. The molecular formula is C13H16O2. The molecule has 0 atom stereocenters. The molecule has 0 fully saturated rings. The SMILES string of the molecule is CCC1(c2ccccc2)OCC=CCO1.